The zero-order valence-electron chi connectivity index (χ0n) is 15.7. The number of hydrogen-bond donors (Lipinski definition) is 1. The minimum atomic E-state index is -1.10. The van der Waals surface area contributed by atoms with Gasteiger partial charge in [0.05, 0.1) is 23.3 Å². The van der Waals surface area contributed by atoms with Gasteiger partial charge in [-0.2, -0.15) is 5.26 Å². The quantitative estimate of drug-likeness (QED) is 0.769. The molecule has 0 fully saturated rings. The number of esters is 1. The zero-order valence-corrected chi connectivity index (χ0v) is 15.7. The van der Waals surface area contributed by atoms with E-state index in [4.69, 9.17) is 4.74 Å². The molecular formula is C19H22N4O4. The Bertz CT molecular complexity index is 960. The van der Waals surface area contributed by atoms with Crippen molar-refractivity contribution >= 4 is 22.8 Å². The molecule has 2 atom stereocenters. The van der Waals surface area contributed by atoms with Gasteiger partial charge in [0, 0.05) is 0 Å². The topological polar surface area (TPSA) is 114 Å². The summed E-state index contributed by atoms with van der Waals surface area (Å²) in [6.07, 6.45) is 0.162. The number of nitriles is 1. The number of carbonyl (C=O) groups is 2. The maximum Gasteiger partial charge on any atom is 0.326 e. The first-order valence-corrected chi connectivity index (χ1v) is 8.55. The smallest absolute Gasteiger partial charge is 0.326 e. The SMILES string of the molecule is CC(C)[C@](C)(C#N)NC(=O)[C@H](C)OC(=O)Cn1cnc2ccccc2c1=O. The van der Waals surface area contributed by atoms with Gasteiger partial charge in [0.2, 0.25) is 0 Å². The van der Waals surface area contributed by atoms with Crippen LogP contribution >= 0.6 is 0 Å². The van der Waals surface area contributed by atoms with Crippen LogP contribution in [0.4, 0.5) is 0 Å². The Morgan fingerprint density at radius 1 is 1.33 bits per heavy atom. The van der Waals surface area contributed by atoms with Crippen LogP contribution in [0.5, 0.6) is 0 Å². The number of rotatable bonds is 6. The van der Waals surface area contributed by atoms with E-state index in [-0.39, 0.29) is 18.0 Å². The maximum absolute atomic E-state index is 12.4. The third-order valence-corrected chi connectivity index (χ3v) is 4.48. The highest BCUT2D eigenvalue weighted by atomic mass is 16.5. The summed E-state index contributed by atoms with van der Waals surface area (Å²) < 4.78 is 6.23. The van der Waals surface area contributed by atoms with Gasteiger partial charge >= 0.3 is 5.97 Å². The number of aromatic nitrogens is 2. The molecule has 0 aliphatic carbocycles. The monoisotopic (exact) mass is 370 g/mol. The second kappa shape index (κ2) is 7.99. The van der Waals surface area contributed by atoms with E-state index in [9.17, 15) is 19.6 Å². The lowest BCUT2D eigenvalue weighted by atomic mass is 9.90. The highest BCUT2D eigenvalue weighted by Gasteiger charge is 2.32. The number of benzene rings is 1. The normalized spacial score (nSPS) is 14.2. The summed E-state index contributed by atoms with van der Waals surface area (Å²) >= 11 is 0. The zero-order chi connectivity index (χ0) is 20.2. The van der Waals surface area contributed by atoms with Crippen molar-refractivity contribution in [2.24, 2.45) is 5.92 Å². The molecule has 2 rings (SSSR count). The van der Waals surface area contributed by atoms with Crippen LogP contribution in [0.1, 0.15) is 27.7 Å². The molecule has 27 heavy (non-hydrogen) atoms. The van der Waals surface area contributed by atoms with Gasteiger partial charge in [-0.15, -0.1) is 0 Å². The van der Waals surface area contributed by atoms with Crippen molar-refractivity contribution < 1.29 is 14.3 Å². The van der Waals surface area contributed by atoms with E-state index in [2.05, 4.69) is 16.4 Å². The molecule has 1 amide bonds. The highest BCUT2D eigenvalue weighted by Crippen LogP contribution is 2.15. The Labute approximate surface area is 156 Å². The Morgan fingerprint density at radius 2 is 2.00 bits per heavy atom. The van der Waals surface area contributed by atoms with Crippen molar-refractivity contribution in [3.05, 3.63) is 40.9 Å². The Balaban J connectivity index is 2.05. The second-order valence-corrected chi connectivity index (χ2v) is 6.78. The van der Waals surface area contributed by atoms with Crippen molar-refractivity contribution in [3.63, 3.8) is 0 Å². The molecule has 1 aromatic heterocycles. The minimum absolute atomic E-state index is 0.128. The van der Waals surface area contributed by atoms with E-state index in [1.54, 1.807) is 45.0 Å². The highest BCUT2D eigenvalue weighted by molar-refractivity contribution is 5.84. The summed E-state index contributed by atoms with van der Waals surface area (Å²) in [7, 11) is 0. The van der Waals surface area contributed by atoms with Crippen LogP contribution in [-0.2, 0) is 20.9 Å². The largest absolute Gasteiger partial charge is 0.451 e. The molecule has 0 aliphatic heterocycles. The maximum atomic E-state index is 12.4. The van der Waals surface area contributed by atoms with Crippen molar-refractivity contribution in [2.75, 3.05) is 0 Å². The Morgan fingerprint density at radius 3 is 2.63 bits per heavy atom. The first-order valence-electron chi connectivity index (χ1n) is 8.55. The molecule has 0 unspecified atom stereocenters. The lowest BCUT2D eigenvalue weighted by Gasteiger charge is -2.28. The lowest BCUT2D eigenvalue weighted by Crippen LogP contribution is -2.52. The van der Waals surface area contributed by atoms with Gasteiger partial charge in [-0.3, -0.25) is 19.0 Å². The van der Waals surface area contributed by atoms with Gasteiger partial charge in [0.25, 0.3) is 11.5 Å². The summed E-state index contributed by atoms with van der Waals surface area (Å²) in [6.45, 7) is 6.25. The van der Waals surface area contributed by atoms with Crippen LogP contribution in [0.3, 0.4) is 0 Å². The van der Waals surface area contributed by atoms with Gasteiger partial charge in [-0.05, 0) is 31.9 Å². The summed E-state index contributed by atoms with van der Waals surface area (Å²) in [6, 6.07) is 8.85. The van der Waals surface area contributed by atoms with Crippen LogP contribution in [0.25, 0.3) is 10.9 Å². The summed E-state index contributed by atoms with van der Waals surface area (Å²) in [4.78, 5) is 40.9. The Kier molecular flexibility index (Phi) is 5.95. The molecule has 0 bridgehead atoms. The fourth-order valence-corrected chi connectivity index (χ4v) is 2.30. The van der Waals surface area contributed by atoms with Crippen molar-refractivity contribution in [2.45, 2.75) is 45.9 Å². The van der Waals surface area contributed by atoms with Gasteiger partial charge in [0.15, 0.2) is 6.10 Å². The van der Waals surface area contributed by atoms with Crippen LogP contribution in [0, 0.1) is 17.2 Å². The predicted molar refractivity (Wildman–Crippen MR) is 98.6 cm³/mol. The molecule has 0 saturated heterocycles. The first-order chi connectivity index (χ1) is 12.7. The summed E-state index contributed by atoms with van der Waals surface area (Å²) in [5.41, 5.74) is -0.910. The van der Waals surface area contributed by atoms with Crippen molar-refractivity contribution in [1.29, 1.82) is 5.26 Å². The average Bonchev–Trinajstić information content (AvgIpc) is 2.63. The molecule has 1 aromatic carbocycles. The van der Waals surface area contributed by atoms with Crippen LogP contribution in [0.2, 0.25) is 0 Å². The molecule has 0 radical (unpaired) electrons. The predicted octanol–water partition coefficient (Wildman–Crippen LogP) is 1.38. The molecule has 2 aromatic rings. The number of carbonyl (C=O) groups excluding carboxylic acids is 2. The molecule has 1 N–H and O–H groups in total. The van der Waals surface area contributed by atoms with Gasteiger partial charge in [0.1, 0.15) is 12.1 Å². The van der Waals surface area contributed by atoms with E-state index < -0.39 is 23.5 Å². The number of para-hydroxylation sites is 1. The molecule has 0 aliphatic rings. The third-order valence-electron chi connectivity index (χ3n) is 4.48. The average molecular weight is 370 g/mol. The second-order valence-electron chi connectivity index (χ2n) is 6.78. The minimum Gasteiger partial charge on any atom is -0.451 e. The first kappa shape index (κ1) is 20.1. The third kappa shape index (κ3) is 4.50. The van der Waals surface area contributed by atoms with E-state index >= 15 is 0 Å². The number of nitrogens with zero attached hydrogens (tertiary/aromatic N) is 3. The fraction of sp³-hybridized carbons (Fsp3) is 0.421. The molecule has 0 spiro atoms. The number of hydrogen-bond acceptors (Lipinski definition) is 6. The molecule has 142 valence electrons. The molecule has 0 saturated carbocycles. The summed E-state index contributed by atoms with van der Waals surface area (Å²) in [5, 5.41) is 12.2. The molecule has 1 heterocycles. The Hall–Kier alpha value is -3.21. The van der Waals surface area contributed by atoms with Crippen LogP contribution in [0.15, 0.2) is 35.4 Å². The van der Waals surface area contributed by atoms with Gasteiger partial charge < -0.3 is 10.1 Å². The van der Waals surface area contributed by atoms with Crippen molar-refractivity contribution in [1.82, 2.24) is 14.9 Å². The van der Waals surface area contributed by atoms with Crippen molar-refractivity contribution in [3.8, 4) is 6.07 Å². The van der Waals surface area contributed by atoms with Gasteiger partial charge in [-0.1, -0.05) is 26.0 Å². The van der Waals surface area contributed by atoms with E-state index in [0.29, 0.717) is 10.9 Å². The fourth-order valence-electron chi connectivity index (χ4n) is 2.30. The van der Waals surface area contributed by atoms with Gasteiger partial charge in [-0.25, -0.2) is 4.98 Å². The number of amides is 1. The van der Waals surface area contributed by atoms with Crippen LogP contribution < -0.4 is 10.9 Å². The number of ether oxygens (including phenoxy) is 1. The molecule has 8 nitrogen and oxygen atoms in total. The molecule has 8 heteroatoms. The summed E-state index contributed by atoms with van der Waals surface area (Å²) in [5.74, 6) is -1.46. The van der Waals surface area contributed by atoms with Crippen LogP contribution in [-0.4, -0.2) is 33.1 Å². The van der Waals surface area contributed by atoms with E-state index in [1.165, 1.54) is 13.3 Å². The van der Waals surface area contributed by atoms with E-state index in [1.807, 2.05) is 0 Å². The standard InChI is InChI=1S/C19H22N4O4/c1-12(2)19(4,10-20)22-17(25)13(3)27-16(24)9-23-11-21-15-8-6-5-7-14(15)18(23)26/h5-8,11-13H,9H2,1-4H3,(H,22,25)/t13-,19-/m0/s1. The number of nitrogens with one attached hydrogen (secondary N) is 1. The molecular weight excluding hydrogens is 348 g/mol. The lowest BCUT2D eigenvalue weighted by molar-refractivity contribution is -0.156. The van der Waals surface area contributed by atoms with E-state index in [0.717, 1.165) is 4.57 Å². The number of fused-ring (bicyclic) bond motifs is 1.